The summed E-state index contributed by atoms with van der Waals surface area (Å²) in [5.41, 5.74) is 2.30. The van der Waals surface area contributed by atoms with Crippen LogP contribution in [0.4, 0.5) is 0 Å². The quantitative estimate of drug-likeness (QED) is 0.528. The SMILES string of the molecule is CCCCCCC#CC#Cc1ccc(C)cc1. The first-order valence-electron chi connectivity index (χ1n) is 6.38. The maximum absolute atomic E-state index is 3.10. The molecule has 0 heterocycles. The minimum atomic E-state index is 0.975. The molecule has 0 bridgehead atoms. The van der Waals surface area contributed by atoms with E-state index in [4.69, 9.17) is 0 Å². The van der Waals surface area contributed by atoms with Crippen LogP contribution in [0.15, 0.2) is 24.3 Å². The number of hydrogen-bond donors (Lipinski definition) is 0. The van der Waals surface area contributed by atoms with Gasteiger partial charge in [0, 0.05) is 12.0 Å². The average molecular weight is 224 g/mol. The third kappa shape index (κ3) is 6.49. The normalized spacial score (nSPS) is 8.82. The zero-order valence-electron chi connectivity index (χ0n) is 10.8. The molecule has 0 aliphatic heterocycles. The molecule has 1 aromatic rings. The van der Waals surface area contributed by atoms with Gasteiger partial charge in [0.15, 0.2) is 0 Å². The predicted molar refractivity (Wildman–Crippen MR) is 74.6 cm³/mol. The minimum absolute atomic E-state index is 0.975. The van der Waals surface area contributed by atoms with Gasteiger partial charge in [0.1, 0.15) is 0 Å². The second kappa shape index (κ2) is 8.49. The number of unbranched alkanes of at least 4 members (excludes halogenated alkanes) is 4. The van der Waals surface area contributed by atoms with Crippen molar-refractivity contribution in [2.75, 3.05) is 0 Å². The van der Waals surface area contributed by atoms with Crippen molar-refractivity contribution in [3.63, 3.8) is 0 Å². The summed E-state index contributed by atoms with van der Waals surface area (Å²) in [6, 6.07) is 8.21. The fourth-order valence-electron chi connectivity index (χ4n) is 1.49. The summed E-state index contributed by atoms with van der Waals surface area (Å²) in [6.45, 7) is 4.30. The lowest BCUT2D eigenvalue weighted by molar-refractivity contribution is 0.680. The summed E-state index contributed by atoms with van der Waals surface area (Å²) in [5.74, 6) is 12.0. The van der Waals surface area contributed by atoms with E-state index in [1.807, 2.05) is 12.1 Å². The molecule has 1 rings (SSSR count). The Morgan fingerprint density at radius 3 is 2.41 bits per heavy atom. The van der Waals surface area contributed by atoms with Crippen LogP contribution < -0.4 is 0 Å². The summed E-state index contributed by atoms with van der Waals surface area (Å²) >= 11 is 0. The second-order valence-corrected chi connectivity index (χ2v) is 4.23. The maximum atomic E-state index is 3.10. The smallest absolute Gasteiger partial charge is 0.0255 e. The molecule has 0 aliphatic carbocycles. The summed E-state index contributed by atoms with van der Waals surface area (Å²) in [6.07, 6.45) is 6.06. The molecule has 0 fully saturated rings. The van der Waals surface area contributed by atoms with E-state index in [0.29, 0.717) is 0 Å². The monoisotopic (exact) mass is 224 g/mol. The summed E-state index contributed by atoms with van der Waals surface area (Å²) in [5, 5.41) is 0. The van der Waals surface area contributed by atoms with Crippen LogP contribution >= 0.6 is 0 Å². The van der Waals surface area contributed by atoms with Crippen LogP contribution in [0.25, 0.3) is 0 Å². The van der Waals surface area contributed by atoms with E-state index in [9.17, 15) is 0 Å². The Morgan fingerprint density at radius 1 is 0.941 bits per heavy atom. The zero-order chi connectivity index (χ0) is 12.3. The Bertz CT molecular complexity index is 429. The van der Waals surface area contributed by atoms with Crippen LogP contribution in [-0.4, -0.2) is 0 Å². The standard InChI is InChI=1S/C17H20/c1-3-4-5-6-7-8-9-10-11-17-14-12-16(2)13-15-17/h12-15H,3-7H2,1-2H3. The van der Waals surface area contributed by atoms with Gasteiger partial charge in [-0.05, 0) is 37.3 Å². The zero-order valence-corrected chi connectivity index (χ0v) is 10.8. The molecule has 1 aromatic carbocycles. The van der Waals surface area contributed by atoms with Crippen molar-refractivity contribution in [1.29, 1.82) is 0 Å². The lowest BCUT2D eigenvalue weighted by Crippen LogP contribution is -1.75. The molecule has 0 spiro atoms. The van der Waals surface area contributed by atoms with Gasteiger partial charge in [-0.25, -0.2) is 0 Å². The van der Waals surface area contributed by atoms with E-state index in [1.54, 1.807) is 0 Å². The Kier molecular flexibility index (Phi) is 6.69. The fourth-order valence-corrected chi connectivity index (χ4v) is 1.49. The van der Waals surface area contributed by atoms with Gasteiger partial charge in [0.25, 0.3) is 0 Å². The first-order chi connectivity index (χ1) is 8.33. The highest BCUT2D eigenvalue weighted by Crippen LogP contribution is 2.01. The molecule has 0 N–H and O–H groups in total. The van der Waals surface area contributed by atoms with E-state index in [0.717, 1.165) is 12.0 Å². The number of hydrogen-bond acceptors (Lipinski definition) is 0. The van der Waals surface area contributed by atoms with Crippen LogP contribution in [0.2, 0.25) is 0 Å². The van der Waals surface area contributed by atoms with Crippen molar-refractivity contribution in [2.45, 2.75) is 46.0 Å². The lowest BCUT2D eigenvalue weighted by Gasteiger charge is -1.91. The van der Waals surface area contributed by atoms with Crippen LogP contribution in [0.1, 0.15) is 50.2 Å². The van der Waals surface area contributed by atoms with E-state index in [-0.39, 0.29) is 0 Å². The fraction of sp³-hybridized carbons (Fsp3) is 0.412. The van der Waals surface area contributed by atoms with Gasteiger partial charge >= 0.3 is 0 Å². The highest BCUT2D eigenvalue weighted by Gasteiger charge is 1.85. The summed E-state index contributed by atoms with van der Waals surface area (Å²) < 4.78 is 0. The van der Waals surface area contributed by atoms with Crippen molar-refractivity contribution >= 4 is 0 Å². The van der Waals surface area contributed by atoms with Crippen LogP contribution in [0, 0.1) is 30.6 Å². The highest BCUT2D eigenvalue weighted by atomic mass is 13.9. The molecule has 0 unspecified atom stereocenters. The molecule has 0 heteroatoms. The molecule has 0 amide bonds. The van der Waals surface area contributed by atoms with Gasteiger partial charge in [0.05, 0.1) is 0 Å². The van der Waals surface area contributed by atoms with Crippen LogP contribution in [0.3, 0.4) is 0 Å². The topological polar surface area (TPSA) is 0 Å². The van der Waals surface area contributed by atoms with Gasteiger partial charge in [-0.3, -0.25) is 0 Å². The number of benzene rings is 1. The lowest BCUT2D eigenvalue weighted by atomic mass is 10.1. The molecule has 0 aliphatic rings. The first kappa shape index (κ1) is 13.4. The minimum Gasteiger partial charge on any atom is -0.0891 e. The largest absolute Gasteiger partial charge is 0.0891 e. The van der Waals surface area contributed by atoms with Crippen molar-refractivity contribution in [3.8, 4) is 23.7 Å². The van der Waals surface area contributed by atoms with Gasteiger partial charge in [-0.15, -0.1) is 0 Å². The molecule has 0 aromatic heterocycles. The maximum Gasteiger partial charge on any atom is 0.0255 e. The molecule has 0 saturated heterocycles. The third-order valence-electron chi connectivity index (χ3n) is 2.56. The molecular formula is C17H20. The predicted octanol–water partition coefficient (Wildman–Crippen LogP) is 4.32. The van der Waals surface area contributed by atoms with Crippen molar-refractivity contribution < 1.29 is 0 Å². The van der Waals surface area contributed by atoms with Gasteiger partial charge in [-0.2, -0.15) is 0 Å². The van der Waals surface area contributed by atoms with E-state index >= 15 is 0 Å². The van der Waals surface area contributed by atoms with E-state index < -0.39 is 0 Å². The van der Waals surface area contributed by atoms with Gasteiger partial charge in [0.2, 0.25) is 0 Å². The van der Waals surface area contributed by atoms with Gasteiger partial charge in [-0.1, -0.05) is 55.7 Å². The molecule has 88 valence electrons. The van der Waals surface area contributed by atoms with Crippen molar-refractivity contribution in [3.05, 3.63) is 35.4 Å². The first-order valence-corrected chi connectivity index (χ1v) is 6.38. The third-order valence-corrected chi connectivity index (χ3v) is 2.56. The molecule has 0 nitrogen and oxygen atoms in total. The molecule has 0 radical (unpaired) electrons. The average Bonchev–Trinajstić information content (AvgIpc) is 2.35. The van der Waals surface area contributed by atoms with Crippen LogP contribution in [-0.2, 0) is 0 Å². The van der Waals surface area contributed by atoms with E-state index in [1.165, 1.54) is 31.2 Å². The van der Waals surface area contributed by atoms with Crippen molar-refractivity contribution in [1.82, 2.24) is 0 Å². The van der Waals surface area contributed by atoms with Crippen LogP contribution in [0.5, 0.6) is 0 Å². The van der Waals surface area contributed by atoms with E-state index in [2.05, 4.69) is 49.7 Å². The summed E-state index contributed by atoms with van der Waals surface area (Å²) in [4.78, 5) is 0. The summed E-state index contributed by atoms with van der Waals surface area (Å²) in [7, 11) is 0. The van der Waals surface area contributed by atoms with Crippen molar-refractivity contribution in [2.24, 2.45) is 0 Å². The Balaban J connectivity index is 2.30. The van der Waals surface area contributed by atoms with Gasteiger partial charge < -0.3 is 0 Å². The molecule has 17 heavy (non-hydrogen) atoms. The molecule has 0 saturated carbocycles. The Hall–Kier alpha value is -1.66. The number of aryl methyl sites for hydroxylation is 1. The molecule has 0 atom stereocenters. The Labute approximate surface area is 105 Å². The number of rotatable bonds is 4. The highest BCUT2D eigenvalue weighted by molar-refractivity contribution is 5.40. The Morgan fingerprint density at radius 2 is 1.71 bits per heavy atom. The molecular weight excluding hydrogens is 204 g/mol. The second-order valence-electron chi connectivity index (χ2n) is 4.23.